The van der Waals surface area contributed by atoms with Crippen molar-refractivity contribution < 1.29 is 28.9 Å². The lowest BCUT2D eigenvalue weighted by Crippen LogP contribution is -2.58. The van der Waals surface area contributed by atoms with Gasteiger partial charge < -0.3 is 30.4 Å². The Morgan fingerprint density at radius 1 is 1.07 bits per heavy atom. The molecular formula is C34H38N4O6. The van der Waals surface area contributed by atoms with Crippen LogP contribution in [0, 0.1) is 5.41 Å². The van der Waals surface area contributed by atoms with Crippen molar-refractivity contribution in [2.45, 2.75) is 63.9 Å². The number of pyridine rings is 1. The lowest BCUT2D eigenvalue weighted by Gasteiger charge is -2.57. The second-order valence-electron chi connectivity index (χ2n) is 12.8. The molecule has 10 nitrogen and oxygen atoms in total. The molecule has 1 spiro atoms. The number of amides is 2. The SMILES string of the molecule is COCc1cccc(-c2ccc(C(N)=O)c(OC3CC4(CC(NC(=O)c5cnn6cc(OCC(C)(C)O)ccc56)C4)C3)c2)c1. The molecule has 0 saturated heterocycles. The molecule has 2 amide bonds. The molecule has 0 unspecified atom stereocenters. The Kier molecular flexibility index (Phi) is 7.81. The first-order valence-electron chi connectivity index (χ1n) is 14.8. The highest BCUT2D eigenvalue weighted by Crippen LogP contribution is 2.57. The van der Waals surface area contributed by atoms with E-state index in [2.05, 4.69) is 16.5 Å². The first-order valence-corrected chi connectivity index (χ1v) is 14.8. The maximum absolute atomic E-state index is 13.1. The van der Waals surface area contributed by atoms with E-state index in [0.29, 0.717) is 34.7 Å². The smallest absolute Gasteiger partial charge is 0.255 e. The number of hydrogen-bond acceptors (Lipinski definition) is 7. The van der Waals surface area contributed by atoms with Crippen LogP contribution in [-0.2, 0) is 11.3 Å². The molecule has 2 fully saturated rings. The minimum absolute atomic E-state index is 0.0210. The molecule has 44 heavy (non-hydrogen) atoms. The summed E-state index contributed by atoms with van der Waals surface area (Å²) in [6.07, 6.45) is 6.70. The minimum Gasteiger partial charge on any atom is -0.490 e. The van der Waals surface area contributed by atoms with E-state index in [1.54, 1.807) is 56.1 Å². The van der Waals surface area contributed by atoms with Gasteiger partial charge in [0.05, 0.1) is 47.3 Å². The maximum Gasteiger partial charge on any atom is 0.255 e. The van der Waals surface area contributed by atoms with Crippen LogP contribution < -0.4 is 20.5 Å². The van der Waals surface area contributed by atoms with E-state index in [9.17, 15) is 14.7 Å². The molecule has 2 aliphatic rings. The zero-order chi connectivity index (χ0) is 31.1. The van der Waals surface area contributed by atoms with E-state index in [4.69, 9.17) is 19.9 Å². The Balaban J connectivity index is 1.04. The van der Waals surface area contributed by atoms with Gasteiger partial charge in [-0.15, -0.1) is 0 Å². The Bertz CT molecular complexity index is 1690. The van der Waals surface area contributed by atoms with Gasteiger partial charge in [-0.1, -0.05) is 24.3 Å². The van der Waals surface area contributed by atoms with Crippen molar-refractivity contribution in [1.29, 1.82) is 0 Å². The van der Waals surface area contributed by atoms with Crippen molar-refractivity contribution in [3.05, 3.63) is 83.7 Å². The molecule has 2 heterocycles. The normalized spacial score (nSPS) is 21.0. The van der Waals surface area contributed by atoms with Crippen molar-refractivity contribution in [2.75, 3.05) is 13.7 Å². The number of rotatable bonds is 11. The standard InChI is InChI=1S/C34H38N4O6/c1-33(2,41)20-43-25-8-10-29-28(17-36-38(29)18-25)32(40)37-24-13-34(14-24)15-26(16-34)44-30-12-23(7-9-27(30)31(35)39)22-6-4-5-21(11-22)19-42-3/h4-12,17-18,24,26,41H,13-16,19-20H2,1-3H3,(H2,35,39)(H,37,40). The monoisotopic (exact) mass is 598 g/mol. The number of aromatic nitrogens is 2. The summed E-state index contributed by atoms with van der Waals surface area (Å²) in [5, 5.41) is 17.4. The lowest BCUT2D eigenvalue weighted by atomic mass is 9.53. The number of nitrogens with one attached hydrogen (secondary N) is 1. The number of nitrogens with two attached hydrogens (primary N) is 1. The fourth-order valence-electron chi connectivity index (χ4n) is 6.35. The Labute approximate surface area is 256 Å². The largest absolute Gasteiger partial charge is 0.490 e. The predicted molar refractivity (Wildman–Crippen MR) is 165 cm³/mol. The van der Waals surface area contributed by atoms with Crippen molar-refractivity contribution in [3.63, 3.8) is 0 Å². The van der Waals surface area contributed by atoms with Gasteiger partial charge in [0.25, 0.3) is 11.8 Å². The van der Waals surface area contributed by atoms with Gasteiger partial charge in [-0.3, -0.25) is 9.59 Å². The number of methoxy groups -OCH3 is 1. The van der Waals surface area contributed by atoms with Crippen LogP contribution in [0.2, 0.25) is 0 Å². The van der Waals surface area contributed by atoms with Crippen LogP contribution in [0.5, 0.6) is 11.5 Å². The van der Waals surface area contributed by atoms with Gasteiger partial charge in [-0.05, 0) is 92.0 Å². The van der Waals surface area contributed by atoms with Crippen LogP contribution in [0.3, 0.4) is 0 Å². The van der Waals surface area contributed by atoms with Crippen molar-refractivity contribution in [1.82, 2.24) is 14.9 Å². The number of nitrogens with zero attached hydrogens (tertiary/aromatic N) is 2. The van der Waals surface area contributed by atoms with Gasteiger partial charge in [0.1, 0.15) is 18.1 Å². The van der Waals surface area contributed by atoms with Crippen molar-refractivity contribution >= 4 is 17.3 Å². The Morgan fingerprint density at radius 3 is 2.57 bits per heavy atom. The van der Waals surface area contributed by atoms with Gasteiger partial charge in [0, 0.05) is 13.2 Å². The molecule has 10 heteroatoms. The summed E-state index contributed by atoms with van der Waals surface area (Å²) in [6.45, 7) is 4.01. The van der Waals surface area contributed by atoms with Gasteiger partial charge in [-0.2, -0.15) is 5.10 Å². The van der Waals surface area contributed by atoms with Gasteiger partial charge in [0.15, 0.2) is 0 Å². The first-order chi connectivity index (χ1) is 21.0. The van der Waals surface area contributed by atoms with Gasteiger partial charge in [0.2, 0.25) is 0 Å². The summed E-state index contributed by atoms with van der Waals surface area (Å²) in [6, 6.07) is 17.2. The summed E-state index contributed by atoms with van der Waals surface area (Å²) in [5.41, 5.74) is 9.41. The fourth-order valence-corrected chi connectivity index (χ4v) is 6.35. The number of ether oxygens (including phenoxy) is 3. The summed E-state index contributed by atoms with van der Waals surface area (Å²) in [4.78, 5) is 25.3. The average molecular weight is 599 g/mol. The summed E-state index contributed by atoms with van der Waals surface area (Å²) in [7, 11) is 1.67. The number of benzene rings is 2. The predicted octanol–water partition coefficient (Wildman–Crippen LogP) is 4.52. The van der Waals surface area contributed by atoms with E-state index in [1.165, 1.54) is 0 Å². The van der Waals surface area contributed by atoms with Gasteiger partial charge in [-0.25, -0.2) is 4.52 Å². The van der Waals surface area contributed by atoms with E-state index < -0.39 is 11.5 Å². The third-order valence-corrected chi connectivity index (χ3v) is 8.45. The molecule has 6 rings (SSSR count). The third-order valence-electron chi connectivity index (χ3n) is 8.45. The number of primary amides is 1. The molecule has 2 saturated carbocycles. The summed E-state index contributed by atoms with van der Waals surface area (Å²) >= 11 is 0. The zero-order valence-corrected chi connectivity index (χ0v) is 25.2. The molecule has 2 aliphatic carbocycles. The van der Waals surface area contributed by atoms with Crippen LogP contribution in [0.25, 0.3) is 16.6 Å². The highest BCUT2D eigenvalue weighted by molar-refractivity contribution is 6.01. The summed E-state index contributed by atoms with van der Waals surface area (Å²) < 4.78 is 18.8. The zero-order valence-electron chi connectivity index (χ0n) is 25.2. The second-order valence-corrected chi connectivity index (χ2v) is 12.8. The van der Waals surface area contributed by atoms with Crippen LogP contribution in [0.15, 0.2) is 67.0 Å². The van der Waals surface area contributed by atoms with E-state index >= 15 is 0 Å². The molecule has 0 atom stereocenters. The minimum atomic E-state index is -0.953. The number of hydrogen-bond donors (Lipinski definition) is 3. The average Bonchev–Trinajstić information content (AvgIpc) is 3.37. The highest BCUT2D eigenvalue weighted by Gasteiger charge is 2.54. The van der Waals surface area contributed by atoms with Gasteiger partial charge >= 0.3 is 0 Å². The molecule has 2 aromatic heterocycles. The van der Waals surface area contributed by atoms with Crippen LogP contribution >= 0.6 is 0 Å². The molecule has 2 aromatic carbocycles. The Hall–Kier alpha value is -4.41. The number of carbonyl (C=O) groups excluding carboxylic acids is 2. The maximum atomic E-state index is 13.1. The Morgan fingerprint density at radius 2 is 1.84 bits per heavy atom. The molecule has 0 bridgehead atoms. The summed E-state index contributed by atoms with van der Waals surface area (Å²) in [5.74, 6) is 0.376. The van der Waals surface area contributed by atoms with E-state index in [-0.39, 0.29) is 30.1 Å². The quantitative estimate of drug-likeness (QED) is 0.231. The van der Waals surface area contributed by atoms with E-state index in [0.717, 1.165) is 42.4 Å². The fraction of sp³-hybridized carbons (Fsp3) is 0.382. The van der Waals surface area contributed by atoms with Crippen LogP contribution in [0.1, 0.15) is 65.8 Å². The molecule has 4 N–H and O–H groups in total. The number of fused-ring (bicyclic) bond motifs is 1. The third kappa shape index (κ3) is 6.27. The molecular weight excluding hydrogens is 560 g/mol. The second kappa shape index (κ2) is 11.6. The van der Waals surface area contributed by atoms with Crippen molar-refractivity contribution in [3.8, 4) is 22.6 Å². The molecule has 0 aliphatic heterocycles. The molecule has 230 valence electrons. The topological polar surface area (TPSA) is 137 Å². The lowest BCUT2D eigenvalue weighted by molar-refractivity contribution is -0.0834. The number of aliphatic hydroxyl groups is 1. The van der Waals surface area contributed by atoms with Crippen LogP contribution in [-0.4, -0.2) is 58.0 Å². The molecule has 0 radical (unpaired) electrons. The highest BCUT2D eigenvalue weighted by atomic mass is 16.5. The van der Waals surface area contributed by atoms with Crippen LogP contribution in [0.4, 0.5) is 0 Å². The first kappa shape index (κ1) is 29.7. The number of carbonyl (C=O) groups is 2. The van der Waals surface area contributed by atoms with E-state index in [1.807, 2.05) is 30.3 Å². The molecule has 4 aromatic rings. The van der Waals surface area contributed by atoms with Crippen molar-refractivity contribution in [2.24, 2.45) is 11.1 Å².